The number of aliphatic hydroxyl groups excluding tert-OH is 1. The van der Waals surface area contributed by atoms with Gasteiger partial charge in [-0.2, -0.15) is 0 Å². The molecule has 2 heterocycles. The van der Waals surface area contributed by atoms with Crippen molar-refractivity contribution in [2.24, 2.45) is 0 Å². The summed E-state index contributed by atoms with van der Waals surface area (Å²) in [6.07, 6.45) is 2.13. The molecule has 2 aromatic rings. The monoisotopic (exact) mass is 525 g/mol. The fraction of sp³-hybridized carbons (Fsp3) is 0.464. The van der Waals surface area contributed by atoms with E-state index < -0.39 is 26.4 Å². The molecular weight excluding hydrogens is 490 g/mol. The third-order valence-electron chi connectivity index (χ3n) is 8.18. The van der Waals surface area contributed by atoms with Gasteiger partial charge in [-0.3, -0.25) is 4.79 Å². The lowest BCUT2D eigenvalue weighted by molar-refractivity contribution is 0.00343. The molecule has 0 saturated carbocycles. The Hall–Kier alpha value is -3.01. The van der Waals surface area contributed by atoms with Gasteiger partial charge in [0, 0.05) is 12.5 Å². The van der Waals surface area contributed by atoms with Crippen molar-refractivity contribution in [3.05, 3.63) is 59.2 Å². The molecule has 0 saturated heterocycles. The van der Waals surface area contributed by atoms with E-state index in [4.69, 9.17) is 18.6 Å². The Morgan fingerprint density at radius 2 is 1.84 bits per heavy atom. The molecule has 2 N–H and O–H groups in total. The van der Waals surface area contributed by atoms with Crippen molar-refractivity contribution in [1.29, 1.82) is 0 Å². The Bertz CT molecular complexity index is 1230. The first kappa shape index (κ1) is 25.6. The molecule has 1 aliphatic carbocycles. The summed E-state index contributed by atoms with van der Waals surface area (Å²) in [5, 5.41) is 22.3. The Balaban J connectivity index is 1.64. The summed E-state index contributed by atoms with van der Waals surface area (Å²) in [5.74, 6) is 0.329. The van der Waals surface area contributed by atoms with E-state index in [1.54, 1.807) is 24.2 Å². The number of phenols is 1. The highest BCUT2D eigenvalue weighted by molar-refractivity contribution is 6.74. The number of ether oxygens (including phenoxy) is 3. The Labute approximate surface area is 218 Å². The summed E-state index contributed by atoms with van der Waals surface area (Å²) in [5.41, 5.74) is 1.69. The van der Waals surface area contributed by atoms with Gasteiger partial charge in [-0.15, -0.1) is 0 Å². The zero-order valence-electron chi connectivity index (χ0n) is 22.1. The second-order valence-electron chi connectivity index (χ2n) is 11.4. The predicted molar refractivity (Wildman–Crippen MR) is 141 cm³/mol. The minimum Gasteiger partial charge on any atom is -0.504 e. The van der Waals surface area contributed by atoms with Crippen molar-refractivity contribution >= 4 is 14.2 Å². The van der Waals surface area contributed by atoms with Crippen LogP contribution >= 0.6 is 0 Å². The van der Waals surface area contributed by atoms with E-state index in [2.05, 4.69) is 33.9 Å². The van der Waals surface area contributed by atoms with Gasteiger partial charge < -0.3 is 33.7 Å². The molecule has 2 aromatic carbocycles. The van der Waals surface area contributed by atoms with Crippen LogP contribution in [0.2, 0.25) is 18.1 Å². The van der Waals surface area contributed by atoms with Gasteiger partial charge in [-0.05, 0) is 47.5 Å². The van der Waals surface area contributed by atoms with Gasteiger partial charge in [0.2, 0.25) is 12.5 Å². The summed E-state index contributed by atoms with van der Waals surface area (Å²) < 4.78 is 23.2. The highest BCUT2D eigenvalue weighted by atomic mass is 28.4. The van der Waals surface area contributed by atoms with E-state index in [-0.39, 0.29) is 40.8 Å². The summed E-state index contributed by atoms with van der Waals surface area (Å²) in [7, 11) is -0.710. The van der Waals surface area contributed by atoms with Crippen LogP contribution in [0.15, 0.2) is 42.5 Å². The average Bonchev–Trinajstić information content (AvgIpc) is 3.32. The molecule has 4 atom stereocenters. The maximum Gasteiger partial charge on any atom is 0.258 e. The highest BCUT2D eigenvalue weighted by Crippen LogP contribution is 2.52. The first-order valence-corrected chi connectivity index (χ1v) is 15.5. The average molecular weight is 526 g/mol. The molecule has 0 aromatic heterocycles. The van der Waals surface area contributed by atoms with Gasteiger partial charge in [0.25, 0.3) is 5.91 Å². The van der Waals surface area contributed by atoms with Crippen molar-refractivity contribution < 1.29 is 33.6 Å². The van der Waals surface area contributed by atoms with Gasteiger partial charge >= 0.3 is 0 Å². The molecule has 3 aliphatic rings. The molecule has 0 unspecified atom stereocenters. The summed E-state index contributed by atoms with van der Waals surface area (Å²) in [6, 6.07) is 8.93. The zero-order valence-corrected chi connectivity index (χ0v) is 23.1. The second-order valence-corrected chi connectivity index (χ2v) is 16.2. The lowest BCUT2D eigenvalue weighted by atomic mass is 9.74. The normalized spacial score (nSPS) is 24.6. The van der Waals surface area contributed by atoms with E-state index in [0.29, 0.717) is 17.9 Å². The van der Waals surface area contributed by atoms with E-state index in [0.717, 1.165) is 11.3 Å². The number of aliphatic hydroxyl groups is 1. The van der Waals surface area contributed by atoms with Crippen molar-refractivity contribution in [3.8, 4) is 23.0 Å². The van der Waals surface area contributed by atoms with Gasteiger partial charge in [0.05, 0.1) is 30.9 Å². The Morgan fingerprint density at radius 3 is 2.49 bits per heavy atom. The van der Waals surface area contributed by atoms with Crippen LogP contribution in [0.25, 0.3) is 0 Å². The number of rotatable bonds is 5. The third kappa shape index (κ3) is 4.28. The lowest BCUT2D eigenvalue weighted by Gasteiger charge is -2.50. The highest BCUT2D eigenvalue weighted by Gasteiger charge is 2.51. The molecule has 0 bridgehead atoms. The maximum absolute atomic E-state index is 14.0. The van der Waals surface area contributed by atoms with Gasteiger partial charge in [0.1, 0.15) is 5.75 Å². The molecule has 2 aliphatic heterocycles. The molecule has 0 radical (unpaired) electrons. The predicted octanol–water partition coefficient (Wildman–Crippen LogP) is 4.56. The molecular formula is C28H35NO7Si. The van der Waals surface area contributed by atoms with E-state index in [1.165, 1.54) is 0 Å². The number of fused-ring (bicyclic) bond motifs is 4. The van der Waals surface area contributed by atoms with E-state index in [9.17, 15) is 15.0 Å². The Kier molecular flexibility index (Phi) is 6.29. The minimum atomic E-state index is -2.32. The van der Waals surface area contributed by atoms with Crippen LogP contribution in [-0.4, -0.2) is 61.5 Å². The number of amides is 1. The number of nitrogens with zero attached hydrogens (tertiary/aromatic N) is 1. The van der Waals surface area contributed by atoms with Crippen LogP contribution in [0.4, 0.5) is 0 Å². The first-order chi connectivity index (χ1) is 17.4. The van der Waals surface area contributed by atoms with Crippen LogP contribution in [0.5, 0.6) is 23.0 Å². The fourth-order valence-electron chi connectivity index (χ4n) is 5.10. The van der Waals surface area contributed by atoms with Crippen molar-refractivity contribution in [1.82, 2.24) is 4.90 Å². The molecule has 5 rings (SSSR count). The number of hydrogen-bond donors (Lipinski definition) is 2. The minimum absolute atomic E-state index is 0.0317. The van der Waals surface area contributed by atoms with Gasteiger partial charge in [-0.25, -0.2) is 0 Å². The van der Waals surface area contributed by atoms with Crippen LogP contribution in [0.3, 0.4) is 0 Å². The topological polar surface area (TPSA) is 97.7 Å². The van der Waals surface area contributed by atoms with Crippen molar-refractivity contribution in [3.63, 3.8) is 0 Å². The smallest absolute Gasteiger partial charge is 0.258 e. The maximum atomic E-state index is 14.0. The van der Waals surface area contributed by atoms with Crippen LogP contribution < -0.4 is 14.2 Å². The fourth-order valence-corrected chi connectivity index (χ4v) is 6.42. The van der Waals surface area contributed by atoms with E-state index in [1.807, 2.05) is 30.3 Å². The number of carbonyl (C=O) groups excluding carboxylic acids is 1. The zero-order chi connectivity index (χ0) is 26.7. The molecule has 1 amide bonds. The molecule has 37 heavy (non-hydrogen) atoms. The first-order valence-electron chi connectivity index (χ1n) is 12.6. The molecule has 9 heteroatoms. The van der Waals surface area contributed by atoms with Crippen LogP contribution in [-0.2, 0) is 11.0 Å². The summed E-state index contributed by atoms with van der Waals surface area (Å²) >= 11 is 0. The molecule has 8 nitrogen and oxygen atoms in total. The van der Waals surface area contributed by atoms with Crippen LogP contribution in [0, 0.1) is 0 Å². The summed E-state index contributed by atoms with van der Waals surface area (Å²) in [6.45, 7) is 11.0. The lowest BCUT2D eigenvalue weighted by Crippen LogP contribution is -2.57. The number of benzene rings is 2. The number of carbonyl (C=O) groups is 1. The largest absolute Gasteiger partial charge is 0.504 e. The van der Waals surface area contributed by atoms with Crippen molar-refractivity contribution in [2.45, 2.75) is 69.6 Å². The van der Waals surface area contributed by atoms with E-state index >= 15 is 0 Å². The molecule has 198 valence electrons. The standard InChI is InChI=1S/C28H35NO7Si/c1-28(2,3)37(5,6)36-25-20(30)12-11-19-22(25)18-13-21-26(35-15-34-21)24(31)23(18)27(32)29(19)14-16-7-9-17(33-4)10-8-16/h7-13,19-20,22,25,30-31H,14-15H2,1-6H3/t19-,20+,22+,25+/m0/s1. The van der Waals surface area contributed by atoms with Gasteiger partial charge in [0.15, 0.2) is 19.8 Å². The third-order valence-corrected chi connectivity index (χ3v) is 12.6. The van der Waals surface area contributed by atoms with Crippen molar-refractivity contribution in [2.75, 3.05) is 13.9 Å². The SMILES string of the molecule is COc1ccc(CN2C(=O)c3c(cc4c(c3O)OCO4)[C@H]3[C@H](O[Si](C)(C)C(C)(C)C)[C@H](O)C=C[C@@H]32)cc1. The second kappa shape index (κ2) is 9.07. The number of hydrogen-bond acceptors (Lipinski definition) is 7. The van der Waals surface area contributed by atoms with Gasteiger partial charge in [-0.1, -0.05) is 45.1 Å². The quantitative estimate of drug-likeness (QED) is 0.436. The number of phenolic OH excluding ortho intramolecular Hbond substituents is 1. The molecule has 0 fully saturated rings. The van der Waals surface area contributed by atoms with Crippen LogP contribution in [0.1, 0.15) is 48.2 Å². The number of aromatic hydroxyl groups is 1. The Morgan fingerprint density at radius 1 is 1.14 bits per heavy atom. The summed E-state index contributed by atoms with van der Waals surface area (Å²) in [4.78, 5) is 15.7. The number of methoxy groups -OCH3 is 1. The molecule has 0 spiro atoms.